The lowest BCUT2D eigenvalue weighted by molar-refractivity contribution is -0.115. The van der Waals surface area contributed by atoms with E-state index in [2.05, 4.69) is 15.5 Å². The Balaban J connectivity index is 1.89. The van der Waals surface area contributed by atoms with Crippen LogP contribution in [0.15, 0.2) is 40.9 Å². The fraction of sp³-hybridized carbons (Fsp3) is 0.250. The van der Waals surface area contributed by atoms with Gasteiger partial charge in [-0.2, -0.15) is 4.98 Å². The molecule has 0 saturated carbocycles. The summed E-state index contributed by atoms with van der Waals surface area (Å²) in [5.41, 5.74) is 2.78. The van der Waals surface area contributed by atoms with Gasteiger partial charge in [0.2, 0.25) is 5.91 Å². The van der Waals surface area contributed by atoms with Crippen LogP contribution in [-0.4, -0.2) is 16.0 Å². The van der Waals surface area contributed by atoms with Crippen molar-refractivity contribution in [3.05, 3.63) is 63.4 Å². The van der Waals surface area contributed by atoms with Crippen molar-refractivity contribution in [2.24, 2.45) is 0 Å². The van der Waals surface area contributed by atoms with Gasteiger partial charge in [0, 0.05) is 16.0 Å². The zero-order valence-corrected chi connectivity index (χ0v) is 16.7. The summed E-state index contributed by atoms with van der Waals surface area (Å²) in [6.07, 6.45) is 0.0629. The number of carbonyl (C=O) groups excluding carboxylic acids is 1. The molecule has 0 saturated heterocycles. The summed E-state index contributed by atoms with van der Waals surface area (Å²) in [5, 5.41) is 7.85. The number of amides is 1. The number of nitrogens with one attached hydrogen (secondary N) is 1. The molecule has 0 unspecified atom stereocenters. The second kappa shape index (κ2) is 8.11. The van der Waals surface area contributed by atoms with Gasteiger partial charge in [-0.25, -0.2) is 0 Å². The van der Waals surface area contributed by atoms with E-state index in [1.54, 1.807) is 18.2 Å². The van der Waals surface area contributed by atoms with Crippen LogP contribution in [0.5, 0.6) is 0 Å². The third kappa shape index (κ3) is 4.31. The Morgan fingerprint density at radius 2 is 1.81 bits per heavy atom. The van der Waals surface area contributed by atoms with Crippen LogP contribution < -0.4 is 5.32 Å². The van der Waals surface area contributed by atoms with E-state index in [9.17, 15) is 4.79 Å². The number of nitrogens with zero attached hydrogens (tertiary/aromatic N) is 2. The molecule has 1 aromatic heterocycles. The first-order valence-corrected chi connectivity index (χ1v) is 9.28. The highest BCUT2D eigenvalue weighted by Crippen LogP contribution is 2.31. The first kappa shape index (κ1) is 19.4. The molecule has 140 valence electrons. The molecule has 1 amide bonds. The summed E-state index contributed by atoms with van der Waals surface area (Å²) in [5.74, 6) is 0.900. The Hall–Kier alpha value is -2.37. The van der Waals surface area contributed by atoms with E-state index in [0.717, 1.165) is 5.56 Å². The van der Waals surface area contributed by atoms with Gasteiger partial charge in [0.25, 0.3) is 5.89 Å². The van der Waals surface area contributed by atoms with E-state index in [-0.39, 0.29) is 18.2 Å². The third-order valence-electron chi connectivity index (χ3n) is 4.12. The van der Waals surface area contributed by atoms with Crippen molar-refractivity contribution in [2.75, 3.05) is 5.32 Å². The summed E-state index contributed by atoms with van der Waals surface area (Å²) in [6, 6.07) is 10.8. The van der Waals surface area contributed by atoms with E-state index in [4.69, 9.17) is 27.7 Å². The van der Waals surface area contributed by atoms with Gasteiger partial charge in [-0.1, -0.05) is 60.4 Å². The Morgan fingerprint density at radius 1 is 1.15 bits per heavy atom. The molecule has 0 aliphatic rings. The van der Waals surface area contributed by atoms with Crippen molar-refractivity contribution in [1.82, 2.24) is 10.1 Å². The van der Waals surface area contributed by atoms with Crippen LogP contribution in [-0.2, 0) is 11.2 Å². The number of anilines is 1. The van der Waals surface area contributed by atoms with Crippen LogP contribution in [0.25, 0.3) is 11.5 Å². The lowest BCUT2D eigenvalue weighted by atomic mass is 10.1. The van der Waals surface area contributed by atoms with Crippen LogP contribution in [0.3, 0.4) is 0 Å². The van der Waals surface area contributed by atoms with Crippen molar-refractivity contribution in [1.29, 1.82) is 0 Å². The minimum absolute atomic E-state index is 0.0629. The molecule has 1 N–H and O–H groups in total. The van der Waals surface area contributed by atoms with Gasteiger partial charge in [-0.15, -0.1) is 0 Å². The number of aryl methyl sites for hydroxylation is 1. The zero-order chi connectivity index (χ0) is 19.6. The van der Waals surface area contributed by atoms with Crippen LogP contribution in [0.4, 0.5) is 5.69 Å². The number of benzene rings is 2. The lowest BCUT2D eigenvalue weighted by Gasteiger charge is -2.13. The summed E-state index contributed by atoms with van der Waals surface area (Å²) in [6.45, 7) is 5.88. The van der Waals surface area contributed by atoms with E-state index in [0.29, 0.717) is 38.6 Å². The maximum absolute atomic E-state index is 12.6. The largest absolute Gasteiger partial charge is 0.334 e. The van der Waals surface area contributed by atoms with E-state index in [1.165, 1.54) is 0 Å². The van der Waals surface area contributed by atoms with Gasteiger partial charge in [0.15, 0.2) is 5.82 Å². The number of carbonyl (C=O) groups is 1. The molecule has 0 aliphatic heterocycles. The second-order valence-corrected chi connectivity index (χ2v) is 7.35. The van der Waals surface area contributed by atoms with Crippen LogP contribution in [0, 0.1) is 6.92 Å². The Morgan fingerprint density at radius 3 is 2.44 bits per heavy atom. The normalized spacial score (nSPS) is 11.0. The standard InChI is InChI=1S/C20H19Cl2N3O2/c1-11(2)19-24-20(27-25-19)13-7-4-6-12(3)18(13)23-17(26)10-14-15(21)8-5-9-16(14)22/h4-9,11H,10H2,1-3H3,(H,23,26). The Labute approximate surface area is 167 Å². The molecule has 3 rings (SSSR count). The molecule has 0 spiro atoms. The monoisotopic (exact) mass is 403 g/mol. The minimum Gasteiger partial charge on any atom is -0.334 e. The maximum atomic E-state index is 12.6. The van der Waals surface area contributed by atoms with E-state index >= 15 is 0 Å². The highest BCUT2D eigenvalue weighted by atomic mass is 35.5. The minimum atomic E-state index is -0.232. The van der Waals surface area contributed by atoms with Gasteiger partial charge in [0.1, 0.15) is 0 Å². The van der Waals surface area contributed by atoms with Crippen LogP contribution >= 0.6 is 23.2 Å². The zero-order valence-electron chi connectivity index (χ0n) is 15.2. The summed E-state index contributed by atoms with van der Waals surface area (Å²) >= 11 is 12.3. The van der Waals surface area contributed by atoms with E-state index < -0.39 is 0 Å². The van der Waals surface area contributed by atoms with Gasteiger partial charge in [0.05, 0.1) is 17.7 Å². The number of hydrogen-bond acceptors (Lipinski definition) is 4. The predicted molar refractivity (Wildman–Crippen MR) is 107 cm³/mol. The van der Waals surface area contributed by atoms with Crippen LogP contribution in [0.2, 0.25) is 10.0 Å². The third-order valence-corrected chi connectivity index (χ3v) is 4.83. The fourth-order valence-corrected chi connectivity index (χ4v) is 3.17. The summed E-state index contributed by atoms with van der Waals surface area (Å²) in [4.78, 5) is 17.1. The van der Waals surface area contributed by atoms with Crippen LogP contribution in [0.1, 0.15) is 36.7 Å². The number of rotatable bonds is 5. The molecule has 0 aliphatic carbocycles. The molecule has 0 bridgehead atoms. The number of halogens is 2. The quantitative estimate of drug-likeness (QED) is 0.596. The summed E-state index contributed by atoms with van der Waals surface area (Å²) in [7, 11) is 0. The lowest BCUT2D eigenvalue weighted by Crippen LogP contribution is -2.16. The van der Waals surface area contributed by atoms with Crippen molar-refractivity contribution in [2.45, 2.75) is 33.1 Å². The molecule has 1 heterocycles. The molecule has 5 nitrogen and oxygen atoms in total. The SMILES string of the molecule is Cc1cccc(-c2nc(C(C)C)no2)c1NC(=O)Cc1c(Cl)cccc1Cl. The van der Waals surface area contributed by atoms with E-state index in [1.807, 2.05) is 39.0 Å². The molecule has 3 aromatic rings. The second-order valence-electron chi connectivity index (χ2n) is 6.54. The van der Waals surface area contributed by atoms with Crippen molar-refractivity contribution < 1.29 is 9.32 Å². The smallest absolute Gasteiger partial charge is 0.260 e. The highest BCUT2D eigenvalue weighted by Gasteiger charge is 2.18. The molecule has 2 aromatic carbocycles. The summed E-state index contributed by atoms with van der Waals surface area (Å²) < 4.78 is 5.39. The molecular formula is C20H19Cl2N3O2. The van der Waals surface area contributed by atoms with Crippen molar-refractivity contribution >= 4 is 34.8 Å². The predicted octanol–water partition coefficient (Wildman–Crippen LogP) is 5.66. The molecule has 7 heteroatoms. The Bertz CT molecular complexity index is 963. The van der Waals surface area contributed by atoms with Gasteiger partial charge in [-0.3, -0.25) is 4.79 Å². The molecule has 27 heavy (non-hydrogen) atoms. The highest BCUT2D eigenvalue weighted by molar-refractivity contribution is 6.36. The van der Waals surface area contributed by atoms with Crippen molar-refractivity contribution in [3.8, 4) is 11.5 Å². The molecule has 0 radical (unpaired) electrons. The number of aromatic nitrogens is 2. The number of hydrogen-bond donors (Lipinski definition) is 1. The first-order chi connectivity index (χ1) is 12.9. The van der Waals surface area contributed by atoms with Gasteiger partial charge >= 0.3 is 0 Å². The average Bonchev–Trinajstić information content (AvgIpc) is 3.10. The average molecular weight is 404 g/mol. The van der Waals surface area contributed by atoms with Gasteiger partial charge < -0.3 is 9.84 Å². The first-order valence-electron chi connectivity index (χ1n) is 8.53. The molecule has 0 fully saturated rings. The maximum Gasteiger partial charge on any atom is 0.260 e. The fourth-order valence-electron chi connectivity index (χ4n) is 2.64. The topological polar surface area (TPSA) is 68.0 Å². The number of para-hydroxylation sites is 1. The van der Waals surface area contributed by atoms with Gasteiger partial charge in [-0.05, 0) is 36.2 Å². The molecule has 0 atom stereocenters. The molecular weight excluding hydrogens is 385 g/mol. The van der Waals surface area contributed by atoms with Crippen molar-refractivity contribution in [3.63, 3.8) is 0 Å². The Kier molecular flexibility index (Phi) is 5.82.